The van der Waals surface area contributed by atoms with Crippen molar-refractivity contribution in [3.05, 3.63) is 23.9 Å². The number of anilines is 1. The Morgan fingerprint density at radius 2 is 2.00 bits per heavy atom. The Balaban J connectivity index is 1.72. The number of carbonyl (C=O) groups excluding carboxylic acids is 1. The second kappa shape index (κ2) is 9.26. The predicted octanol–water partition coefficient (Wildman–Crippen LogP) is 2.10. The Morgan fingerprint density at radius 1 is 1.30 bits per heavy atom. The molecule has 9 heteroatoms. The summed E-state index contributed by atoms with van der Waals surface area (Å²) in [5.74, 6) is 0.618. The molecule has 2 aromatic rings. The van der Waals surface area contributed by atoms with Crippen LogP contribution in [0, 0.1) is 12.8 Å². The van der Waals surface area contributed by atoms with E-state index in [2.05, 4.69) is 20.2 Å². The summed E-state index contributed by atoms with van der Waals surface area (Å²) >= 11 is 0. The van der Waals surface area contributed by atoms with E-state index >= 15 is 0 Å². The number of sulfone groups is 1. The molecule has 8 nitrogen and oxygen atoms in total. The van der Waals surface area contributed by atoms with Crippen LogP contribution in [-0.4, -0.2) is 63.4 Å². The maximum absolute atomic E-state index is 12.6. The SMILES string of the molecule is CCC(COC)NC(=O)C1CCN(c2nc(C)c3ccc(S(C)(=O)=O)cc3n2)CC1. The molecule has 0 aliphatic carbocycles. The number of aryl methyl sites for hydroxylation is 1. The lowest BCUT2D eigenvalue weighted by Gasteiger charge is -2.32. The van der Waals surface area contributed by atoms with Crippen LogP contribution >= 0.6 is 0 Å². The van der Waals surface area contributed by atoms with E-state index < -0.39 is 9.84 Å². The molecule has 1 N–H and O–H groups in total. The first-order chi connectivity index (χ1) is 14.2. The molecule has 1 aliphatic rings. The highest BCUT2D eigenvalue weighted by Gasteiger charge is 2.27. The van der Waals surface area contributed by atoms with Crippen molar-refractivity contribution < 1.29 is 17.9 Å². The van der Waals surface area contributed by atoms with Crippen LogP contribution < -0.4 is 10.2 Å². The third-order valence-electron chi connectivity index (χ3n) is 5.63. The number of nitrogens with one attached hydrogen (secondary N) is 1. The molecule has 1 aromatic heterocycles. The van der Waals surface area contributed by atoms with E-state index in [-0.39, 0.29) is 22.8 Å². The minimum Gasteiger partial charge on any atom is -0.383 e. The molecule has 1 aliphatic heterocycles. The molecule has 0 radical (unpaired) electrons. The lowest BCUT2D eigenvalue weighted by atomic mass is 9.95. The van der Waals surface area contributed by atoms with Crippen molar-refractivity contribution in [2.75, 3.05) is 38.0 Å². The molecule has 164 valence electrons. The fraction of sp³-hybridized carbons (Fsp3) is 0.571. The van der Waals surface area contributed by atoms with Gasteiger partial charge in [0.2, 0.25) is 11.9 Å². The van der Waals surface area contributed by atoms with E-state index in [9.17, 15) is 13.2 Å². The highest BCUT2D eigenvalue weighted by atomic mass is 32.2. The van der Waals surface area contributed by atoms with Crippen LogP contribution in [0.3, 0.4) is 0 Å². The summed E-state index contributed by atoms with van der Waals surface area (Å²) in [5, 5.41) is 3.91. The van der Waals surface area contributed by atoms with Crippen molar-refractivity contribution in [2.24, 2.45) is 5.92 Å². The van der Waals surface area contributed by atoms with Crippen molar-refractivity contribution in [3.63, 3.8) is 0 Å². The first-order valence-electron chi connectivity index (χ1n) is 10.3. The summed E-state index contributed by atoms with van der Waals surface area (Å²) in [6.07, 6.45) is 3.46. The lowest BCUT2D eigenvalue weighted by molar-refractivity contribution is -0.126. The molecular weight excluding hydrogens is 404 g/mol. The van der Waals surface area contributed by atoms with Crippen molar-refractivity contribution in [3.8, 4) is 0 Å². The lowest BCUT2D eigenvalue weighted by Crippen LogP contribution is -2.45. The van der Waals surface area contributed by atoms with Gasteiger partial charge in [0.1, 0.15) is 0 Å². The number of fused-ring (bicyclic) bond motifs is 1. The van der Waals surface area contributed by atoms with Gasteiger partial charge in [0.15, 0.2) is 9.84 Å². The van der Waals surface area contributed by atoms with Crippen LogP contribution in [0.4, 0.5) is 5.95 Å². The van der Waals surface area contributed by atoms with Gasteiger partial charge < -0.3 is 15.0 Å². The minimum absolute atomic E-state index is 0.0365. The Bertz CT molecular complexity index is 1020. The average molecular weight is 435 g/mol. The molecule has 1 unspecified atom stereocenters. The second-order valence-corrected chi connectivity index (χ2v) is 9.91. The second-order valence-electron chi connectivity index (χ2n) is 7.89. The summed E-state index contributed by atoms with van der Waals surface area (Å²) in [5.41, 5.74) is 1.42. The number of piperidine rings is 1. The van der Waals surface area contributed by atoms with Gasteiger partial charge in [-0.2, -0.15) is 0 Å². The van der Waals surface area contributed by atoms with E-state index in [0.717, 1.165) is 30.3 Å². The van der Waals surface area contributed by atoms with Gasteiger partial charge in [-0.25, -0.2) is 18.4 Å². The highest BCUT2D eigenvalue weighted by molar-refractivity contribution is 7.90. The molecule has 30 heavy (non-hydrogen) atoms. The van der Waals surface area contributed by atoms with Gasteiger partial charge in [-0.1, -0.05) is 6.92 Å². The number of rotatable bonds is 7. The standard InChI is InChI=1S/C21H30N4O4S/c1-5-16(13-29-3)23-20(26)15-8-10-25(11-9-15)21-22-14(2)18-7-6-17(30(4,27)28)12-19(18)24-21/h6-7,12,15-16H,5,8-11,13H2,1-4H3,(H,23,26). The number of methoxy groups -OCH3 is 1. The Morgan fingerprint density at radius 3 is 2.60 bits per heavy atom. The van der Waals surface area contributed by atoms with E-state index in [0.29, 0.717) is 31.2 Å². The van der Waals surface area contributed by atoms with Gasteiger partial charge in [0, 0.05) is 37.8 Å². The molecule has 1 amide bonds. The van der Waals surface area contributed by atoms with Crippen LogP contribution in [0.25, 0.3) is 10.9 Å². The summed E-state index contributed by atoms with van der Waals surface area (Å²) in [6.45, 7) is 5.79. The summed E-state index contributed by atoms with van der Waals surface area (Å²) in [4.78, 5) is 24.1. The largest absolute Gasteiger partial charge is 0.383 e. The topological polar surface area (TPSA) is 101 Å². The number of hydrogen-bond donors (Lipinski definition) is 1. The predicted molar refractivity (Wildman–Crippen MR) is 116 cm³/mol. The molecule has 3 rings (SSSR count). The Labute approximate surface area is 178 Å². The summed E-state index contributed by atoms with van der Waals surface area (Å²) in [6, 6.07) is 4.98. The first kappa shape index (κ1) is 22.4. The zero-order valence-electron chi connectivity index (χ0n) is 18.0. The summed E-state index contributed by atoms with van der Waals surface area (Å²) < 4.78 is 28.9. The number of hydrogen-bond acceptors (Lipinski definition) is 7. The van der Waals surface area contributed by atoms with Gasteiger partial charge in [-0.05, 0) is 44.4 Å². The molecule has 0 spiro atoms. The Hall–Kier alpha value is -2.26. The monoisotopic (exact) mass is 434 g/mol. The van der Waals surface area contributed by atoms with E-state index in [4.69, 9.17) is 4.74 Å². The van der Waals surface area contributed by atoms with Crippen molar-refractivity contribution in [2.45, 2.75) is 44.0 Å². The van der Waals surface area contributed by atoms with E-state index in [1.165, 1.54) is 6.26 Å². The quantitative estimate of drug-likeness (QED) is 0.712. The fourth-order valence-electron chi connectivity index (χ4n) is 3.75. The molecule has 1 atom stereocenters. The molecule has 1 fully saturated rings. The number of nitrogens with zero attached hydrogens (tertiary/aromatic N) is 3. The zero-order valence-corrected chi connectivity index (χ0v) is 18.8. The average Bonchev–Trinajstić information content (AvgIpc) is 2.72. The smallest absolute Gasteiger partial charge is 0.226 e. The van der Waals surface area contributed by atoms with Crippen LogP contribution in [0.2, 0.25) is 0 Å². The van der Waals surface area contributed by atoms with Crippen LogP contribution in [-0.2, 0) is 19.4 Å². The van der Waals surface area contributed by atoms with Gasteiger partial charge >= 0.3 is 0 Å². The van der Waals surface area contributed by atoms with Crippen molar-refractivity contribution >= 4 is 32.6 Å². The molecule has 0 saturated carbocycles. The summed E-state index contributed by atoms with van der Waals surface area (Å²) in [7, 11) is -1.67. The van der Waals surface area contributed by atoms with Crippen molar-refractivity contribution in [1.29, 1.82) is 0 Å². The van der Waals surface area contributed by atoms with Gasteiger partial charge in [-0.15, -0.1) is 0 Å². The fourth-order valence-corrected chi connectivity index (χ4v) is 4.39. The van der Waals surface area contributed by atoms with E-state index in [1.807, 2.05) is 13.8 Å². The van der Waals surface area contributed by atoms with Crippen LogP contribution in [0.15, 0.2) is 23.1 Å². The van der Waals surface area contributed by atoms with Crippen LogP contribution in [0.1, 0.15) is 31.9 Å². The number of ether oxygens (including phenoxy) is 1. The molecule has 0 bridgehead atoms. The molecular formula is C21H30N4O4S. The van der Waals surface area contributed by atoms with Gasteiger partial charge in [0.05, 0.1) is 28.8 Å². The highest BCUT2D eigenvalue weighted by Crippen LogP contribution is 2.25. The first-order valence-corrected chi connectivity index (χ1v) is 12.1. The molecule has 1 saturated heterocycles. The zero-order chi connectivity index (χ0) is 21.9. The minimum atomic E-state index is -3.31. The van der Waals surface area contributed by atoms with Gasteiger partial charge in [0.25, 0.3) is 0 Å². The maximum Gasteiger partial charge on any atom is 0.226 e. The number of benzene rings is 1. The third-order valence-corrected chi connectivity index (χ3v) is 6.74. The number of amides is 1. The number of aromatic nitrogens is 2. The maximum atomic E-state index is 12.6. The van der Waals surface area contributed by atoms with E-state index in [1.54, 1.807) is 25.3 Å². The Kier molecular flexibility index (Phi) is 6.92. The van der Waals surface area contributed by atoms with Crippen molar-refractivity contribution in [1.82, 2.24) is 15.3 Å². The van der Waals surface area contributed by atoms with Crippen LogP contribution in [0.5, 0.6) is 0 Å². The van der Waals surface area contributed by atoms with Gasteiger partial charge in [-0.3, -0.25) is 4.79 Å². The third kappa shape index (κ3) is 5.07. The number of carbonyl (C=O) groups is 1. The molecule has 1 aromatic carbocycles. The normalized spacial score (nSPS) is 16.6. The molecule has 2 heterocycles.